The molecule has 19 nitrogen and oxygen atoms in total. The Hall–Kier alpha value is -2.25. The Morgan fingerprint density at radius 2 is 0.800 bits per heavy atom. The van der Waals surface area contributed by atoms with Crippen LogP contribution in [0.3, 0.4) is 0 Å². The molecule has 0 aromatic rings. The van der Waals surface area contributed by atoms with E-state index in [0.717, 1.165) is 57.8 Å². The zero-order valence-corrected chi connectivity index (χ0v) is 48.5. The summed E-state index contributed by atoms with van der Waals surface area (Å²) in [5.41, 5.74) is 0. The fraction of sp³-hybridized carbons (Fsp3) is 0.852. The fourth-order valence-electron chi connectivity index (χ4n) is 10.2. The van der Waals surface area contributed by atoms with E-state index in [-0.39, 0.29) is 18.9 Å². The molecular formula is C61H109NO18. The van der Waals surface area contributed by atoms with Crippen LogP contribution in [0, 0.1) is 0 Å². The van der Waals surface area contributed by atoms with Crippen molar-refractivity contribution in [3.8, 4) is 0 Å². The maximum Gasteiger partial charge on any atom is 0.220 e. The highest BCUT2D eigenvalue weighted by atomic mass is 16.8. The average Bonchev–Trinajstić information content (AvgIpc) is 3.50. The highest BCUT2D eigenvalue weighted by molar-refractivity contribution is 5.76. The normalized spacial score (nSPS) is 30.3. The van der Waals surface area contributed by atoms with E-state index in [2.05, 4.69) is 55.6 Å². The van der Waals surface area contributed by atoms with E-state index in [4.69, 9.17) is 28.4 Å². The summed E-state index contributed by atoms with van der Waals surface area (Å²) in [7, 11) is 0. The van der Waals surface area contributed by atoms with Crippen LogP contribution in [0.25, 0.3) is 0 Å². The van der Waals surface area contributed by atoms with Gasteiger partial charge in [0.25, 0.3) is 0 Å². The van der Waals surface area contributed by atoms with E-state index in [1.54, 1.807) is 6.08 Å². The highest BCUT2D eigenvalue weighted by Gasteiger charge is 2.53. The lowest BCUT2D eigenvalue weighted by molar-refractivity contribution is -0.379. The van der Waals surface area contributed by atoms with Crippen molar-refractivity contribution in [2.75, 3.05) is 26.4 Å². The van der Waals surface area contributed by atoms with E-state index < -0.39 is 124 Å². The molecule has 0 bridgehead atoms. The highest BCUT2D eigenvalue weighted by Crippen LogP contribution is 2.33. The lowest BCUT2D eigenvalue weighted by Crippen LogP contribution is -2.66. The molecule has 19 heteroatoms. The molecule has 3 fully saturated rings. The maximum atomic E-state index is 13.3. The second-order valence-electron chi connectivity index (χ2n) is 22.1. The Bertz CT molecular complexity index is 1650. The molecule has 17 atom stereocenters. The van der Waals surface area contributed by atoms with Crippen molar-refractivity contribution in [1.29, 1.82) is 0 Å². The Kier molecular flexibility index (Phi) is 39.8. The van der Waals surface area contributed by atoms with Crippen LogP contribution < -0.4 is 5.32 Å². The summed E-state index contributed by atoms with van der Waals surface area (Å²) in [6, 6.07) is -0.997. The predicted octanol–water partition coefficient (Wildman–Crippen LogP) is 5.87. The Morgan fingerprint density at radius 3 is 1.26 bits per heavy atom. The number of allylic oxidation sites excluding steroid dienone is 7. The van der Waals surface area contributed by atoms with E-state index in [1.807, 2.05) is 6.08 Å². The van der Waals surface area contributed by atoms with E-state index >= 15 is 0 Å². The summed E-state index contributed by atoms with van der Waals surface area (Å²) in [6.07, 6.45) is 22.4. The average molecular weight is 1140 g/mol. The van der Waals surface area contributed by atoms with Crippen molar-refractivity contribution in [3.63, 3.8) is 0 Å². The van der Waals surface area contributed by atoms with Crippen molar-refractivity contribution in [2.45, 2.75) is 304 Å². The molecule has 3 aliphatic heterocycles. The van der Waals surface area contributed by atoms with Crippen LogP contribution in [0.15, 0.2) is 48.6 Å². The third-order valence-electron chi connectivity index (χ3n) is 15.3. The first-order chi connectivity index (χ1) is 38.8. The maximum absolute atomic E-state index is 13.3. The van der Waals surface area contributed by atoms with Crippen LogP contribution in [-0.4, -0.2) is 193 Å². The quantitative estimate of drug-likeness (QED) is 0.0250. The molecule has 3 heterocycles. The standard InChI is InChI=1S/C61H109NO18/c1-3-5-7-9-11-13-15-17-19-20-21-22-23-24-25-27-29-31-33-35-37-39-49(67)62-44(45(66)38-36-34-32-30-28-26-18-16-14-12-10-8-6-4-2)43-75-59-55(73)52(70)57(47(41-64)77-59)80-61-56(74)53(71)58(48(42-65)78-61)79-60-54(72)51(69)50(68)46(40-63)76-60/h14,16,20-21,28,30,36,38,44-48,50-61,63-66,68-74H,3-13,15,17-19,22-27,29,31-35,37,39-43H2,1-2H3,(H,62,67)/b16-14+,21-20-,30-28+,38-36+. The number of ether oxygens (including phenoxy) is 6. The fourth-order valence-corrected chi connectivity index (χ4v) is 10.2. The molecule has 1 amide bonds. The van der Waals surface area contributed by atoms with E-state index in [9.17, 15) is 61.0 Å². The van der Waals surface area contributed by atoms with E-state index in [0.29, 0.717) is 12.8 Å². The van der Waals surface area contributed by atoms with Gasteiger partial charge in [0.1, 0.15) is 73.2 Å². The first kappa shape index (κ1) is 72.0. The smallest absolute Gasteiger partial charge is 0.220 e. The largest absolute Gasteiger partial charge is 0.394 e. The van der Waals surface area contributed by atoms with Gasteiger partial charge in [0.15, 0.2) is 18.9 Å². The van der Waals surface area contributed by atoms with Crippen molar-refractivity contribution >= 4 is 5.91 Å². The third-order valence-corrected chi connectivity index (χ3v) is 15.3. The number of hydrogen-bond donors (Lipinski definition) is 12. The van der Waals surface area contributed by atoms with Gasteiger partial charge in [-0.2, -0.15) is 0 Å². The zero-order chi connectivity index (χ0) is 58.3. The van der Waals surface area contributed by atoms with Crippen molar-refractivity contribution in [1.82, 2.24) is 5.32 Å². The van der Waals surface area contributed by atoms with Gasteiger partial charge in [-0.25, -0.2) is 0 Å². The summed E-state index contributed by atoms with van der Waals surface area (Å²) >= 11 is 0. The molecule has 3 aliphatic rings. The molecule has 0 aromatic carbocycles. The lowest BCUT2D eigenvalue weighted by atomic mass is 9.96. The second kappa shape index (κ2) is 44.3. The van der Waals surface area contributed by atoms with Crippen LogP contribution in [0.4, 0.5) is 0 Å². The minimum Gasteiger partial charge on any atom is -0.394 e. The number of aliphatic hydroxyl groups excluding tert-OH is 11. The summed E-state index contributed by atoms with van der Waals surface area (Å²) in [5.74, 6) is -0.294. The monoisotopic (exact) mass is 1140 g/mol. The van der Waals surface area contributed by atoms with Crippen LogP contribution >= 0.6 is 0 Å². The van der Waals surface area contributed by atoms with Gasteiger partial charge in [-0.3, -0.25) is 4.79 Å². The minimum absolute atomic E-state index is 0.229. The number of amides is 1. The van der Waals surface area contributed by atoms with Crippen molar-refractivity contribution < 1.29 is 89.4 Å². The van der Waals surface area contributed by atoms with Gasteiger partial charge >= 0.3 is 0 Å². The summed E-state index contributed by atoms with van der Waals surface area (Å²) < 4.78 is 34.2. The van der Waals surface area contributed by atoms with Crippen molar-refractivity contribution in [3.05, 3.63) is 48.6 Å². The summed E-state index contributed by atoms with van der Waals surface area (Å²) in [6.45, 7) is 1.66. The Labute approximate surface area is 478 Å². The number of rotatable bonds is 45. The molecule has 0 radical (unpaired) electrons. The van der Waals surface area contributed by atoms with Crippen LogP contribution in [-0.2, 0) is 33.2 Å². The SMILES string of the molecule is CCCCCC/C=C/CC/C=C/CC/C=C/C(O)C(COC1OC(CO)C(OC2OC(CO)C(OC3OC(CO)C(O)C(O)C3O)C(O)C2O)C(O)C1O)NC(=O)CCCCCCCCCCC/C=C\CCCCCCCCCC. The molecule has 12 N–H and O–H groups in total. The van der Waals surface area contributed by atoms with Crippen molar-refractivity contribution in [2.24, 2.45) is 0 Å². The molecule has 466 valence electrons. The Balaban J connectivity index is 1.49. The van der Waals surface area contributed by atoms with Gasteiger partial charge in [0, 0.05) is 6.42 Å². The summed E-state index contributed by atoms with van der Waals surface area (Å²) in [5, 5.41) is 120. The molecule has 3 saturated heterocycles. The van der Waals surface area contributed by atoms with Gasteiger partial charge in [0.05, 0.1) is 38.6 Å². The van der Waals surface area contributed by atoms with Crippen LogP contribution in [0.5, 0.6) is 0 Å². The molecule has 0 aromatic heterocycles. The molecular weight excluding hydrogens is 1030 g/mol. The first-order valence-electron chi connectivity index (χ1n) is 30.9. The number of nitrogens with one attached hydrogen (secondary N) is 1. The topological polar surface area (TPSA) is 307 Å². The molecule has 17 unspecified atom stereocenters. The van der Waals surface area contributed by atoms with Gasteiger partial charge in [-0.1, -0.05) is 172 Å². The predicted molar refractivity (Wildman–Crippen MR) is 305 cm³/mol. The van der Waals surface area contributed by atoms with Crippen LogP contribution in [0.2, 0.25) is 0 Å². The Morgan fingerprint density at radius 1 is 0.438 bits per heavy atom. The zero-order valence-electron chi connectivity index (χ0n) is 48.5. The minimum atomic E-state index is -1.98. The van der Waals surface area contributed by atoms with Crippen LogP contribution in [0.1, 0.15) is 200 Å². The number of carbonyl (C=O) groups is 1. The van der Waals surface area contributed by atoms with E-state index in [1.165, 1.54) is 109 Å². The molecule has 0 spiro atoms. The summed E-state index contributed by atoms with van der Waals surface area (Å²) in [4.78, 5) is 13.3. The molecule has 0 saturated carbocycles. The number of unbranched alkanes of at least 4 members (excludes halogenated alkanes) is 23. The number of hydrogen-bond acceptors (Lipinski definition) is 18. The molecule has 3 rings (SSSR count). The molecule has 0 aliphatic carbocycles. The lowest BCUT2D eigenvalue weighted by Gasteiger charge is -2.48. The molecule has 80 heavy (non-hydrogen) atoms. The third kappa shape index (κ3) is 27.6. The van der Waals surface area contributed by atoms with Gasteiger partial charge in [-0.15, -0.1) is 0 Å². The second-order valence-corrected chi connectivity index (χ2v) is 22.1. The van der Waals surface area contributed by atoms with Gasteiger partial charge in [0.2, 0.25) is 5.91 Å². The first-order valence-corrected chi connectivity index (χ1v) is 30.9. The van der Waals surface area contributed by atoms with Gasteiger partial charge in [-0.05, 0) is 70.6 Å². The number of carbonyl (C=O) groups excluding carboxylic acids is 1. The van der Waals surface area contributed by atoms with Gasteiger partial charge < -0.3 is 89.9 Å². The number of aliphatic hydroxyl groups is 11.